The highest BCUT2D eigenvalue weighted by atomic mass is 127. The molecule has 2 aromatic rings. The molecule has 0 saturated heterocycles. The van der Waals surface area contributed by atoms with E-state index in [0.717, 1.165) is 13.1 Å². The molecular formula is C11H14IN3S. The minimum absolute atomic E-state index is 0.870. The summed E-state index contributed by atoms with van der Waals surface area (Å²) < 4.78 is 3.17. The van der Waals surface area contributed by atoms with Crippen LogP contribution in [0.1, 0.15) is 15.3 Å². The maximum Gasteiger partial charge on any atom is 0.0670 e. The molecule has 0 radical (unpaired) electrons. The quantitative estimate of drug-likeness (QED) is 0.862. The van der Waals surface area contributed by atoms with Gasteiger partial charge in [-0.3, -0.25) is 4.68 Å². The monoisotopic (exact) mass is 347 g/mol. The van der Waals surface area contributed by atoms with Crippen LogP contribution in [0.3, 0.4) is 0 Å². The summed E-state index contributed by atoms with van der Waals surface area (Å²) in [6.45, 7) is 3.99. The van der Waals surface area contributed by atoms with Crippen molar-refractivity contribution < 1.29 is 0 Å². The predicted octanol–water partition coefficient (Wildman–Crippen LogP) is 2.63. The van der Waals surface area contributed by atoms with Gasteiger partial charge in [-0.15, -0.1) is 11.3 Å². The number of hydrogen-bond acceptors (Lipinski definition) is 3. The highest BCUT2D eigenvalue weighted by Crippen LogP contribution is 2.22. The number of nitrogens with one attached hydrogen (secondary N) is 1. The van der Waals surface area contributed by atoms with Gasteiger partial charge in [0, 0.05) is 22.5 Å². The van der Waals surface area contributed by atoms with Gasteiger partial charge in [-0.25, -0.2) is 0 Å². The Balaban J connectivity index is 2.14. The number of aromatic nitrogens is 2. The average Bonchev–Trinajstić information content (AvgIpc) is 2.76. The smallest absolute Gasteiger partial charge is 0.0670 e. The molecule has 0 fully saturated rings. The Labute approximate surface area is 113 Å². The summed E-state index contributed by atoms with van der Waals surface area (Å²) in [5, 5.41) is 7.48. The van der Waals surface area contributed by atoms with Gasteiger partial charge >= 0.3 is 0 Å². The Morgan fingerprint density at radius 1 is 1.56 bits per heavy atom. The maximum absolute atomic E-state index is 4.31. The first-order valence-corrected chi connectivity index (χ1v) is 6.99. The first-order valence-electron chi connectivity index (χ1n) is 5.10. The second kappa shape index (κ2) is 5.29. The third-order valence-electron chi connectivity index (χ3n) is 2.36. The van der Waals surface area contributed by atoms with Crippen LogP contribution in [0.4, 0.5) is 0 Å². The molecule has 0 unspecified atom stereocenters. The third-order valence-corrected chi connectivity index (χ3v) is 4.01. The van der Waals surface area contributed by atoms with E-state index in [0.29, 0.717) is 0 Å². The minimum Gasteiger partial charge on any atom is -0.315 e. The second-order valence-electron chi connectivity index (χ2n) is 3.68. The second-order valence-corrected chi connectivity index (χ2v) is 6.27. The largest absolute Gasteiger partial charge is 0.315 e. The van der Waals surface area contributed by atoms with Crippen LogP contribution in [-0.2, 0) is 13.1 Å². The van der Waals surface area contributed by atoms with Crippen molar-refractivity contribution in [2.75, 3.05) is 7.05 Å². The summed E-state index contributed by atoms with van der Waals surface area (Å²) in [5.41, 5.74) is 1.37. The van der Waals surface area contributed by atoms with Crippen LogP contribution in [0.25, 0.3) is 0 Å². The summed E-state index contributed by atoms with van der Waals surface area (Å²) in [6.07, 6.45) is 3.95. The molecule has 0 aliphatic rings. The van der Waals surface area contributed by atoms with Crippen LogP contribution in [-0.4, -0.2) is 16.8 Å². The zero-order valence-electron chi connectivity index (χ0n) is 9.33. The number of thiophene rings is 1. The summed E-state index contributed by atoms with van der Waals surface area (Å²) >= 11 is 4.14. The molecule has 1 N–H and O–H groups in total. The van der Waals surface area contributed by atoms with Crippen molar-refractivity contribution in [1.29, 1.82) is 0 Å². The van der Waals surface area contributed by atoms with E-state index in [1.165, 1.54) is 18.9 Å². The normalized spacial score (nSPS) is 10.9. The first-order chi connectivity index (χ1) is 7.69. The lowest BCUT2D eigenvalue weighted by atomic mass is 10.2. The highest BCUT2D eigenvalue weighted by Gasteiger charge is 2.06. The van der Waals surface area contributed by atoms with E-state index in [1.807, 2.05) is 29.3 Å². The van der Waals surface area contributed by atoms with Crippen LogP contribution in [0.15, 0.2) is 18.5 Å². The lowest BCUT2D eigenvalue weighted by molar-refractivity contribution is 0.685. The van der Waals surface area contributed by atoms with Gasteiger partial charge in [0.25, 0.3) is 0 Å². The van der Waals surface area contributed by atoms with Crippen molar-refractivity contribution in [3.05, 3.63) is 37.3 Å². The molecule has 2 rings (SSSR count). The van der Waals surface area contributed by atoms with Crippen molar-refractivity contribution >= 4 is 33.9 Å². The first kappa shape index (κ1) is 12.1. The summed E-state index contributed by atoms with van der Waals surface area (Å²) in [4.78, 5) is 2.77. The molecule has 0 bridgehead atoms. The molecule has 86 valence electrons. The van der Waals surface area contributed by atoms with Gasteiger partial charge in [0.15, 0.2) is 0 Å². The van der Waals surface area contributed by atoms with E-state index in [4.69, 9.17) is 0 Å². The number of nitrogens with zero attached hydrogens (tertiary/aromatic N) is 2. The molecule has 2 heterocycles. The van der Waals surface area contributed by atoms with Crippen molar-refractivity contribution in [2.24, 2.45) is 0 Å². The Hall–Kier alpha value is -0.400. The Morgan fingerprint density at radius 3 is 3.00 bits per heavy atom. The van der Waals surface area contributed by atoms with Crippen molar-refractivity contribution in [2.45, 2.75) is 20.0 Å². The molecule has 3 nitrogen and oxygen atoms in total. The lowest BCUT2D eigenvalue weighted by Gasteiger charge is -1.99. The Morgan fingerprint density at radius 2 is 2.38 bits per heavy atom. The molecule has 0 aliphatic carbocycles. The number of rotatable bonds is 4. The van der Waals surface area contributed by atoms with Crippen LogP contribution < -0.4 is 5.32 Å². The lowest BCUT2D eigenvalue weighted by Crippen LogP contribution is -2.03. The minimum atomic E-state index is 0.870. The van der Waals surface area contributed by atoms with Crippen LogP contribution in [0.2, 0.25) is 0 Å². The summed E-state index contributed by atoms with van der Waals surface area (Å²) in [6, 6.07) is 2.27. The third kappa shape index (κ3) is 2.83. The predicted molar refractivity (Wildman–Crippen MR) is 75.9 cm³/mol. The Bertz CT molecular complexity index is 475. The molecule has 0 amide bonds. The van der Waals surface area contributed by atoms with Gasteiger partial charge in [-0.2, -0.15) is 5.10 Å². The summed E-state index contributed by atoms with van der Waals surface area (Å²) in [5.74, 6) is 0. The summed E-state index contributed by atoms with van der Waals surface area (Å²) in [7, 11) is 1.98. The molecule has 5 heteroatoms. The zero-order valence-corrected chi connectivity index (χ0v) is 12.3. The fourth-order valence-corrected chi connectivity index (χ4v) is 3.12. The van der Waals surface area contributed by atoms with Crippen molar-refractivity contribution in [3.63, 3.8) is 0 Å². The molecule has 0 aromatic carbocycles. The fraction of sp³-hybridized carbons (Fsp3) is 0.364. The molecule has 0 saturated carbocycles. The van der Waals surface area contributed by atoms with Gasteiger partial charge in [0.05, 0.1) is 16.3 Å². The fourth-order valence-electron chi connectivity index (χ4n) is 1.61. The zero-order chi connectivity index (χ0) is 11.5. The molecule has 16 heavy (non-hydrogen) atoms. The maximum atomic E-state index is 4.31. The van der Waals surface area contributed by atoms with Crippen molar-refractivity contribution in [3.8, 4) is 0 Å². The van der Waals surface area contributed by atoms with Gasteiger partial charge < -0.3 is 5.32 Å². The molecule has 0 aliphatic heterocycles. The topological polar surface area (TPSA) is 29.9 Å². The standard InChI is InChI=1S/C11H14IN3S/c1-8-9(3-11(16-8)5-13-2)6-15-7-10(12)4-14-15/h3-4,7,13H,5-6H2,1-2H3. The molecular weight excluding hydrogens is 333 g/mol. The Kier molecular flexibility index (Phi) is 3.99. The SMILES string of the molecule is CNCc1cc(Cn2cc(I)cn2)c(C)s1. The van der Waals surface area contributed by atoms with Gasteiger partial charge in [-0.05, 0) is 48.2 Å². The van der Waals surface area contributed by atoms with E-state index in [-0.39, 0.29) is 0 Å². The molecule has 2 aromatic heterocycles. The van der Waals surface area contributed by atoms with Crippen LogP contribution in [0.5, 0.6) is 0 Å². The van der Waals surface area contributed by atoms with Crippen molar-refractivity contribution in [1.82, 2.24) is 15.1 Å². The van der Waals surface area contributed by atoms with E-state index >= 15 is 0 Å². The molecule has 0 atom stereocenters. The van der Waals surface area contributed by atoms with Gasteiger partial charge in [0.1, 0.15) is 0 Å². The van der Waals surface area contributed by atoms with E-state index in [9.17, 15) is 0 Å². The van der Waals surface area contributed by atoms with Crippen LogP contribution in [0, 0.1) is 10.5 Å². The number of aryl methyl sites for hydroxylation is 1. The van der Waals surface area contributed by atoms with Gasteiger partial charge in [-0.1, -0.05) is 0 Å². The molecule has 0 spiro atoms. The van der Waals surface area contributed by atoms with E-state index in [2.05, 4.69) is 52.2 Å². The number of halogens is 1. The van der Waals surface area contributed by atoms with Crippen LogP contribution >= 0.6 is 33.9 Å². The van der Waals surface area contributed by atoms with E-state index < -0.39 is 0 Å². The average molecular weight is 347 g/mol. The van der Waals surface area contributed by atoms with E-state index in [1.54, 1.807) is 0 Å². The number of hydrogen-bond donors (Lipinski definition) is 1. The van der Waals surface area contributed by atoms with Gasteiger partial charge in [0.2, 0.25) is 0 Å². The highest BCUT2D eigenvalue weighted by molar-refractivity contribution is 14.1.